The van der Waals surface area contributed by atoms with E-state index in [4.69, 9.17) is 0 Å². The Morgan fingerprint density at radius 3 is 2.21 bits per heavy atom. The summed E-state index contributed by atoms with van der Waals surface area (Å²) >= 11 is 0. The van der Waals surface area contributed by atoms with Gasteiger partial charge in [-0.05, 0) is 60.6 Å². The van der Waals surface area contributed by atoms with Crippen LogP contribution in [0.3, 0.4) is 0 Å². The SMILES string of the molecule is CCCCc1cc(C2(c3ccc(O)cc3)CCCCC2)ccc1O. The second kappa shape index (κ2) is 7.29. The van der Waals surface area contributed by atoms with Gasteiger partial charge in [0.05, 0.1) is 0 Å². The maximum Gasteiger partial charge on any atom is 0.118 e. The van der Waals surface area contributed by atoms with Gasteiger partial charge in [0.25, 0.3) is 0 Å². The van der Waals surface area contributed by atoms with Crippen molar-refractivity contribution in [2.24, 2.45) is 0 Å². The van der Waals surface area contributed by atoms with Crippen molar-refractivity contribution >= 4 is 0 Å². The Balaban J connectivity index is 2.04. The average molecular weight is 324 g/mol. The van der Waals surface area contributed by atoms with Crippen LogP contribution in [0.25, 0.3) is 0 Å². The lowest BCUT2D eigenvalue weighted by Crippen LogP contribution is -2.30. The van der Waals surface area contributed by atoms with E-state index in [1.165, 1.54) is 30.4 Å². The third-order valence-electron chi connectivity index (χ3n) is 5.56. The summed E-state index contributed by atoms with van der Waals surface area (Å²) in [5.41, 5.74) is 3.68. The smallest absolute Gasteiger partial charge is 0.118 e. The van der Waals surface area contributed by atoms with Crippen LogP contribution in [0.2, 0.25) is 0 Å². The van der Waals surface area contributed by atoms with E-state index in [0.29, 0.717) is 11.5 Å². The van der Waals surface area contributed by atoms with Gasteiger partial charge in [-0.1, -0.05) is 56.9 Å². The third kappa shape index (κ3) is 3.28. The predicted octanol–water partition coefficient (Wildman–Crippen LogP) is 5.69. The first-order valence-corrected chi connectivity index (χ1v) is 9.27. The number of phenolic OH excluding ortho intramolecular Hbond substituents is 2. The van der Waals surface area contributed by atoms with Crippen LogP contribution in [0.1, 0.15) is 68.6 Å². The molecule has 1 aliphatic rings. The van der Waals surface area contributed by atoms with Crippen molar-refractivity contribution in [1.29, 1.82) is 0 Å². The molecule has 2 N–H and O–H groups in total. The van der Waals surface area contributed by atoms with Crippen LogP contribution < -0.4 is 0 Å². The van der Waals surface area contributed by atoms with Gasteiger partial charge in [0.2, 0.25) is 0 Å². The fraction of sp³-hybridized carbons (Fsp3) is 0.455. The number of hydrogen-bond acceptors (Lipinski definition) is 2. The molecular formula is C22H28O2. The molecule has 0 amide bonds. The van der Waals surface area contributed by atoms with E-state index in [-0.39, 0.29) is 5.41 Å². The highest BCUT2D eigenvalue weighted by molar-refractivity contribution is 5.46. The monoisotopic (exact) mass is 324 g/mol. The molecule has 0 spiro atoms. The van der Waals surface area contributed by atoms with Crippen LogP contribution in [0.4, 0.5) is 0 Å². The Bertz CT molecular complexity index is 667. The number of hydrogen-bond donors (Lipinski definition) is 2. The minimum absolute atomic E-state index is 0.0145. The maximum atomic E-state index is 10.2. The van der Waals surface area contributed by atoms with E-state index in [0.717, 1.165) is 37.7 Å². The van der Waals surface area contributed by atoms with E-state index in [9.17, 15) is 10.2 Å². The summed E-state index contributed by atoms with van der Waals surface area (Å²) in [6.07, 6.45) is 9.18. The second-order valence-corrected chi connectivity index (χ2v) is 7.14. The van der Waals surface area contributed by atoms with Gasteiger partial charge < -0.3 is 10.2 Å². The number of phenols is 2. The molecule has 0 unspecified atom stereocenters. The summed E-state index contributed by atoms with van der Waals surface area (Å²) in [5, 5.41) is 19.9. The van der Waals surface area contributed by atoms with Crippen LogP contribution in [-0.2, 0) is 11.8 Å². The van der Waals surface area contributed by atoms with E-state index in [2.05, 4.69) is 31.2 Å². The Morgan fingerprint density at radius 1 is 0.875 bits per heavy atom. The summed E-state index contributed by atoms with van der Waals surface area (Å²) in [6, 6.07) is 13.9. The number of benzene rings is 2. The molecule has 2 nitrogen and oxygen atoms in total. The van der Waals surface area contributed by atoms with Gasteiger partial charge in [0, 0.05) is 5.41 Å². The third-order valence-corrected chi connectivity index (χ3v) is 5.56. The molecule has 2 aromatic rings. The molecule has 2 aromatic carbocycles. The van der Waals surface area contributed by atoms with Crippen LogP contribution >= 0.6 is 0 Å². The van der Waals surface area contributed by atoms with E-state index >= 15 is 0 Å². The fourth-order valence-electron chi connectivity index (χ4n) is 4.13. The molecule has 0 atom stereocenters. The van der Waals surface area contributed by atoms with Gasteiger partial charge in [-0.25, -0.2) is 0 Å². The van der Waals surface area contributed by atoms with E-state index < -0.39 is 0 Å². The molecule has 128 valence electrons. The Kier molecular flexibility index (Phi) is 5.13. The highest BCUT2D eigenvalue weighted by Gasteiger charge is 2.36. The first kappa shape index (κ1) is 16.9. The summed E-state index contributed by atoms with van der Waals surface area (Å²) in [6.45, 7) is 2.18. The van der Waals surface area contributed by atoms with Crippen molar-refractivity contribution < 1.29 is 10.2 Å². The number of aromatic hydroxyl groups is 2. The lowest BCUT2D eigenvalue weighted by molar-refractivity contribution is 0.345. The zero-order valence-electron chi connectivity index (χ0n) is 14.6. The maximum absolute atomic E-state index is 10.2. The number of unbranched alkanes of at least 4 members (excludes halogenated alkanes) is 1. The quantitative estimate of drug-likeness (QED) is 0.741. The van der Waals surface area contributed by atoms with Crippen molar-refractivity contribution in [3.8, 4) is 11.5 Å². The molecule has 0 aromatic heterocycles. The Labute approximate surface area is 145 Å². The molecule has 0 bridgehead atoms. The molecule has 1 aliphatic carbocycles. The summed E-state index contributed by atoms with van der Waals surface area (Å²) in [4.78, 5) is 0. The lowest BCUT2D eigenvalue weighted by atomic mass is 9.65. The van der Waals surface area contributed by atoms with Gasteiger partial charge >= 0.3 is 0 Å². The zero-order valence-corrected chi connectivity index (χ0v) is 14.6. The van der Waals surface area contributed by atoms with E-state index in [1.807, 2.05) is 6.07 Å². The summed E-state index contributed by atoms with van der Waals surface area (Å²) in [5.74, 6) is 0.739. The molecular weight excluding hydrogens is 296 g/mol. The minimum Gasteiger partial charge on any atom is -0.508 e. The predicted molar refractivity (Wildman–Crippen MR) is 98.7 cm³/mol. The van der Waals surface area contributed by atoms with Crippen molar-refractivity contribution in [1.82, 2.24) is 0 Å². The van der Waals surface area contributed by atoms with Crippen LogP contribution in [0.15, 0.2) is 42.5 Å². The van der Waals surface area contributed by atoms with Crippen molar-refractivity contribution in [2.45, 2.75) is 63.7 Å². The van der Waals surface area contributed by atoms with Crippen LogP contribution in [0.5, 0.6) is 11.5 Å². The molecule has 0 saturated heterocycles. The number of aryl methyl sites for hydroxylation is 1. The molecule has 1 fully saturated rings. The highest BCUT2D eigenvalue weighted by Crippen LogP contribution is 2.46. The lowest BCUT2D eigenvalue weighted by Gasteiger charge is -2.39. The average Bonchev–Trinajstić information content (AvgIpc) is 2.62. The topological polar surface area (TPSA) is 40.5 Å². The number of rotatable bonds is 5. The van der Waals surface area contributed by atoms with Crippen LogP contribution in [-0.4, -0.2) is 10.2 Å². The molecule has 3 rings (SSSR count). The molecule has 1 saturated carbocycles. The summed E-state index contributed by atoms with van der Waals surface area (Å²) in [7, 11) is 0. The van der Waals surface area contributed by atoms with Gasteiger partial charge in [0.1, 0.15) is 11.5 Å². The summed E-state index contributed by atoms with van der Waals surface area (Å²) < 4.78 is 0. The molecule has 0 aliphatic heterocycles. The molecule has 0 radical (unpaired) electrons. The van der Waals surface area contributed by atoms with Gasteiger partial charge in [-0.15, -0.1) is 0 Å². The molecule has 2 heteroatoms. The fourth-order valence-corrected chi connectivity index (χ4v) is 4.13. The first-order chi connectivity index (χ1) is 11.7. The molecule has 24 heavy (non-hydrogen) atoms. The Hall–Kier alpha value is -1.96. The Morgan fingerprint density at radius 2 is 1.54 bits per heavy atom. The van der Waals surface area contributed by atoms with Crippen molar-refractivity contribution in [3.63, 3.8) is 0 Å². The molecule has 0 heterocycles. The standard InChI is InChI=1S/C22H28O2/c1-2-3-7-17-16-19(10-13-21(17)24)22(14-5-4-6-15-22)18-8-11-20(23)12-9-18/h8-13,16,23-24H,2-7,14-15H2,1H3. The van der Waals surface area contributed by atoms with Crippen LogP contribution in [0, 0.1) is 0 Å². The van der Waals surface area contributed by atoms with Crippen molar-refractivity contribution in [2.75, 3.05) is 0 Å². The van der Waals surface area contributed by atoms with Gasteiger partial charge in [-0.3, -0.25) is 0 Å². The zero-order chi connectivity index (χ0) is 17.0. The second-order valence-electron chi connectivity index (χ2n) is 7.14. The van der Waals surface area contributed by atoms with Gasteiger partial charge in [-0.2, -0.15) is 0 Å². The normalized spacial score (nSPS) is 16.9. The minimum atomic E-state index is 0.0145. The first-order valence-electron chi connectivity index (χ1n) is 9.27. The largest absolute Gasteiger partial charge is 0.508 e. The van der Waals surface area contributed by atoms with Gasteiger partial charge in [0.15, 0.2) is 0 Å². The van der Waals surface area contributed by atoms with E-state index in [1.54, 1.807) is 12.1 Å². The highest BCUT2D eigenvalue weighted by atomic mass is 16.3. The van der Waals surface area contributed by atoms with Crippen molar-refractivity contribution in [3.05, 3.63) is 59.2 Å².